The van der Waals surface area contributed by atoms with Crippen LogP contribution in [-0.2, 0) is 0 Å². The quantitative estimate of drug-likeness (QED) is 0.790. The molecule has 0 saturated heterocycles. The molecule has 82 valence electrons. The minimum Gasteiger partial charge on any atom is -0.352 e. The third-order valence-electron chi connectivity index (χ3n) is 2.09. The second-order valence-corrected chi connectivity index (χ2v) is 5.11. The van der Waals surface area contributed by atoms with Crippen molar-refractivity contribution in [3.63, 3.8) is 0 Å². The molecule has 0 aliphatic rings. The van der Waals surface area contributed by atoms with Gasteiger partial charge in [0.05, 0.1) is 0 Å². The summed E-state index contributed by atoms with van der Waals surface area (Å²) in [5.74, 6) is 0.00456. The van der Waals surface area contributed by atoms with Crippen molar-refractivity contribution in [2.75, 3.05) is 6.54 Å². The van der Waals surface area contributed by atoms with E-state index in [1.807, 2.05) is 31.2 Å². The highest BCUT2D eigenvalue weighted by molar-refractivity contribution is 5.94. The van der Waals surface area contributed by atoms with Gasteiger partial charge in [-0.25, -0.2) is 0 Å². The zero-order valence-corrected chi connectivity index (χ0v) is 9.92. The van der Waals surface area contributed by atoms with Crippen LogP contribution < -0.4 is 5.32 Å². The van der Waals surface area contributed by atoms with Crippen LogP contribution in [0.5, 0.6) is 0 Å². The van der Waals surface area contributed by atoms with E-state index in [9.17, 15) is 4.79 Å². The lowest BCUT2D eigenvalue weighted by Gasteiger charge is -2.18. The lowest BCUT2D eigenvalue weighted by Crippen LogP contribution is -2.32. The summed E-state index contributed by atoms with van der Waals surface area (Å²) in [5.41, 5.74) is 2.02. The Morgan fingerprint density at radius 1 is 1.20 bits per heavy atom. The first-order chi connectivity index (χ1) is 6.88. The summed E-state index contributed by atoms with van der Waals surface area (Å²) in [7, 11) is 0. The highest BCUT2D eigenvalue weighted by Gasteiger charge is 2.12. The van der Waals surface area contributed by atoms with Gasteiger partial charge >= 0.3 is 0 Å². The molecule has 1 rings (SSSR count). The number of rotatable bonds is 2. The molecule has 1 aromatic rings. The molecular weight excluding hydrogens is 186 g/mol. The first-order valence-corrected chi connectivity index (χ1v) is 5.23. The van der Waals surface area contributed by atoms with Crippen molar-refractivity contribution in [1.29, 1.82) is 0 Å². The molecule has 0 atom stereocenters. The molecule has 0 heterocycles. The average molecular weight is 205 g/mol. The lowest BCUT2D eigenvalue weighted by atomic mass is 9.97. The van der Waals surface area contributed by atoms with E-state index in [2.05, 4.69) is 26.1 Å². The van der Waals surface area contributed by atoms with E-state index in [1.165, 1.54) is 5.56 Å². The summed E-state index contributed by atoms with van der Waals surface area (Å²) in [4.78, 5) is 11.7. The number of amides is 1. The molecule has 0 fully saturated rings. The minimum absolute atomic E-state index is 0.00456. The number of nitrogens with one attached hydrogen (secondary N) is 1. The van der Waals surface area contributed by atoms with Crippen molar-refractivity contribution in [3.8, 4) is 0 Å². The number of aryl methyl sites for hydroxylation is 1. The summed E-state index contributed by atoms with van der Waals surface area (Å²) < 4.78 is 0. The zero-order chi connectivity index (χ0) is 11.5. The molecule has 2 heteroatoms. The van der Waals surface area contributed by atoms with Crippen LogP contribution in [0.2, 0.25) is 0 Å². The van der Waals surface area contributed by atoms with Crippen LogP contribution in [-0.4, -0.2) is 12.5 Å². The molecule has 0 saturated carbocycles. The Labute approximate surface area is 91.7 Å². The van der Waals surface area contributed by atoms with Crippen LogP contribution in [0.25, 0.3) is 0 Å². The molecular formula is C13H19NO. The third kappa shape index (κ3) is 4.15. The predicted molar refractivity (Wildman–Crippen MR) is 63.0 cm³/mol. The van der Waals surface area contributed by atoms with E-state index in [0.717, 1.165) is 5.56 Å². The van der Waals surface area contributed by atoms with Crippen molar-refractivity contribution < 1.29 is 4.79 Å². The first kappa shape index (κ1) is 11.8. The minimum atomic E-state index is 0.00456. The molecule has 1 aromatic carbocycles. The molecule has 0 bridgehead atoms. The number of carbonyl (C=O) groups is 1. The second kappa shape index (κ2) is 4.47. The Morgan fingerprint density at radius 2 is 1.73 bits per heavy atom. The third-order valence-corrected chi connectivity index (χ3v) is 2.09. The summed E-state index contributed by atoms with van der Waals surface area (Å²) in [5, 5.41) is 2.92. The van der Waals surface area contributed by atoms with E-state index in [-0.39, 0.29) is 11.3 Å². The largest absolute Gasteiger partial charge is 0.352 e. The smallest absolute Gasteiger partial charge is 0.251 e. The van der Waals surface area contributed by atoms with Crippen LogP contribution in [0.3, 0.4) is 0 Å². The van der Waals surface area contributed by atoms with Crippen LogP contribution in [0.15, 0.2) is 24.3 Å². The van der Waals surface area contributed by atoms with Gasteiger partial charge in [-0.2, -0.15) is 0 Å². The molecule has 0 aromatic heterocycles. The molecule has 2 nitrogen and oxygen atoms in total. The highest BCUT2D eigenvalue weighted by Crippen LogP contribution is 2.11. The molecule has 1 amide bonds. The molecule has 0 radical (unpaired) electrons. The van der Waals surface area contributed by atoms with Gasteiger partial charge in [-0.05, 0) is 24.5 Å². The maximum absolute atomic E-state index is 11.7. The number of benzene rings is 1. The summed E-state index contributed by atoms with van der Waals surface area (Å²) in [6.45, 7) is 9.00. The van der Waals surface area contributed by atoms with Gasteiger partial charge in [-0.1, -0.05) is 38.5 Å². The van der Waals surface area contributed by atoms with Gasteiger partial charge in [0.25, 0.3) is 5.91 Å². The lowest BCUT2D eigenvalue weighted by molar-refractivity contribution is 0.0939. The predicted octanol–water partition coefficient (Wildman–Crippen LogP) is 2.77. The SMILES string of the molecule is Cc1ccc(C(=O)NCC(C)(C)C)cc1. The molecule has 0 aliphatic heterocycles. The van der Waals surface area contributed by atoms with Crippen molar-refractivity contribution in [3.05, 3.63) is 35.4 Å². The molecule has 1 N–H and O–H groups in total. The van der Waals surface area contributed by atoms with Gasteiger partial charge in [0.1, 0.15) is 0 Å². The topological polar surface area (TPSA) is 29.1 Å². The number of hydrogen-bond donors (Lipinski definition) is 1. The molecule has 15 heavy (non-hydrogen) atoms. The van der Waals surface area contributed by atoms with Gasteiger partial charge in [0, 0.05) is 12.1 Å². The first-order valence-electron chi connectivity index (χ1n) is 5.23. The Kier molecular flexibility index (Phi) is 3.51. The van der Waals surface area contributed by atoms with Crippen LogP contribution in [0.4, 0.5) is 0 Å². The fourth-order valence-electron chi connectivity index (χ4n) is 1.15. The normalized spacial score (nSPS) is 11.2. The Bertz CT molecular complexity index is 333. The zero-order valence-electron chi connectivity index (χ0n) is 9.92. The maximum Gasteiger partial charge on any atom is 0.251 e. The highest BCUT2D eigenvalue weighted by atomic mass is 16.1. The average Bonchev–Trinajstić information content (AvgIpc) is 2.14. The van der Waals surface area contributed by atoms with E-state index >= 15 is 0 Å². The van der Waals surface area contributed by atoms with E-state index in [1.54, 1.807) is 0 Å². The van der Waals surface area contributed by atoms with Gasteiger partial charge in [0.2, 0.25) is 0 Å². The second-order valence-electron chi connectivity index (χ2n) is 5.11. The summed E-state index contributed by atoms with van der Waals surface area (Å²) in [6.07, 6.45) is 0. The van der Waals surface area contributed by atoms with Crippen molar-refractivity contribution in [1.82, 2.24) is 5.32 Å². The van der Waals surface area contributed by atoms with Crippen LogP contribution in [0.1, 0.15) is 36.7 Å². The molecule has 0 spiro atoms. The number of carbonyl (C=O) groups excluding carboxylic acids is 1. The summed E-state index contributed by atoms with van der Waals surface area (Å²) in [6, 6.07) is 7.61. The van der Waals surface area contributed by atoms with E-state index in [4.69, 9.17) is 0 Å². The van der Waals surface area contributed by atoms with Crippen LogP contribution in [0, 0.1) is 12.3 Å². The number of hydrogen-bond acceptors (Lipinski definition) is 1. The fraction of sp³-hybridized carbons (Fsp3) is 0.462. The summed E-state index contributed by atoms with van der Waals surface area (Å²) >= 11 is 0. The van der Waals surface area contributed by atoms with Crippen molar-refractivity contribution in [2.24, 2.45) is 5.41 Å². The van der Waals surface area contributed by atoms with Gasteiger partial charge in [-0.3, -0.25) is 4.79 Å². The Balaban J connectivity index is 2.58. The van der Waals surface area contributed by atoms with E-state index in [0.29, 0.717) is 6.54 Å². The molecule has 0 aliphatic carbocycles. The van der Waals surface area contributed by atoms with Gasteiger partial charge < -0.3 is 5.32 Å². The van der Waals surface area contributed by atoms with Crippen LogP contribution >= 0.6 is 0 Å². The van der Waals surface area contributed by atoms with Crippen molar-refractivity contribution in [2.45, 2.75) is 27.7 Å². The standard InChI is InChI=1S/C13H19NO/c1-10-5-7-11(8-6-10)12(15)14-9-13(2,3)4/h5-8H,9H2,1-4H3,(H,14,15). The molecule has 0 unspecified atom stereocenters. The fourth-order valence-corrected chi connectivity index (χ4v) is 1.15. The van der Waals surface area contributed by atoms with Gasteiger partial charge in [0.15, 0.2) is 0 Å². The Morgan fingerprint density at radius 3 is 2.20 bits per heavy atom. The Hall–Kier alpha value is -1.31. The van der Waals surface area contributed by atoms with E-state index < -0.39 is 0 Å². The maximum atomic E-state index is 11.7. The van der Waals surface area contributed by atoms with Crippen molar-refractivity contribution >= 4 is 5.91 Å². The van der Waals surface area contributed by atoms with Gasteiger partial charge in [-0.15, -0.1) is 0 Å². The monoisotopic (exact) mass is 205 g/mol.